The summed E-state index contributed by atoms with van der Waals surface area (Å²) in [6.07, 6.45) is 1.25. The third-order valence-corrected chi connectivity index (χ3v) is 4.39. The molecule has 0 aromatic heterocycles. The predicted octanol–water partition coefficient (Wildman–Crippen LogP) is 7.81. The van der Waals surface area contributed by atoms with E-state index >= 15 is 0 Å². The van der Waals surface area contributed by atoms with E-state index in [0.29, 0.717) is 5.75 Å². The standard InChI is InChI=1S/C24H18O.C3H8/c25-22-17-16-21(18-10-4-1-5-11-18)23(19-12-6-2-7-13-19)24(22)20-14-8-3-9-15-20;1-3-2/h1-17,25H;3H2,1-2H3. The van der Waals surface area contributed by atoms with Gasteiger partial charge in [-0.05, 0) is 28.3 Å². The largest absolute Gasteiger partial charge is 0.507 e. The summed E-state index contributed by atoms with van der Waals surface area (Å²) in [6.45, 7) is 4.25. The lowest BCUT2D eigenvalue weighted by Crippen LogP contribution is -1.91. The van der Waals surface area contributed by atoms with E-state index in [-0.39, 0.29) is 0 Å². The number of phenols is 1. The van der Waals surface area contributed by atoms with E-state index in [1.54, 1.807) is 6.07 Å². The van der Waals surface area contributed by atoms with Crippen molar-refractivity contribution in [1.29, 1.82) is 0 Å². The van der Waals surface area contributed by atoms with Gasteiger partial charge in [-0.3, -0.25) is 0 Å². The SMILES string of the molecule is CCC.Oc1ccc(-c2ccccc2)c(-c2ccccc2)c1-c1ccccc1. The van der Waals surface area contributed by atoms with Gasteiger partial charge in [-0.25, -0.2) is 0 Å². The van der Waals surface area contributed by atoms with Crippen molar-refractivity contribution in [2.45, 2.75) is 20.3 Å². The normalized spacial score (nSPS) is 10.1. The van der Waals surface area contributed by atoms with Crippen molar-refractivity contribution in [3.8, 4) is 39.1 Å². The number of rotatable bonds is 3. The summed E-state index contributed by atoms with van der Waals surface area (Å²) >= 11 is 0. The van der Waals surface area contributed by atoms with Gasteiger partial charge in [0.1, 0.15) is 5.75 Å². The van der Waals surface area contributed by atoms with Crippen molar-refractivity contribution < 1.29 is 5.11 Å². The number of phenolic OH excluding ortho intramolecular Hbond substituents is 1. The lowest BCUT2D eigenvalue weighted by Gasteiger charge is -2.17. The molecule has 4 aromatic carbocycles. The highest BCUT2D eigenvalue weighted by Gasteiger charge is 2.17. The first-order valence-electron chi connectivity index (χ1n) is 9.78. The van der Waals surface area contributed by atoms with Gasteiger partial charge >= 0.3 is 0 Å². The average molecular weight is 367 g/mol. The Hall–Kier alpha value is -3.32. The van der Waals surface area contributed by atoms with Gasteiger partial charge in [-0.15, -0.1) is 0 Å². The summed E-state index contributed by atoms with van der Waals surface area (Å²) in [5.74, 6) is 0.296. The van der Waals surface area contributed by atoms with Gasteiger partial charge in [-0.1, -0.05) is 117 Å². The molecule has 140 valence electrons. The molecular formula is C27H26O. The molecule has 1 heteroatoms. The van der Waals surface area contributed by atoms with Crippen LogP contribution in [0.15, 0.2) is 103 Å². The maximum atomic E-state index is 10.7. The molecule has 0 aliphatic carbocycles. The maximum Gasteiger partial charge on any atom is 0.124 e. The van der Waals surface area contributed by atoms with E-state index in [0.717, 1.165) is 33.4 Å². The van der Waals surface area contributed by atoms with Crippen LogP contribution in [0.1, 0.15) is 20.3 Å². The molecule has 4 rings (SSSR count). The van der Waals surface area contributed by atoms with Gasteiger partial charge in [-0.2, -0.15) is 0 Å². The highest BCUT2D eigenvalue weighted by atomic mass is 16.3. The Bertz CT molecular complexity index is 990. The second-order valence-electron chi connectivity index (χ2n) is 6.69. The van der Waals surface area contributed by atoms with E-state index in [1.807, 2.05) is 72.8 Å². The molecule has 0 spiro atoms. The van der Waals surface area contributed by atoms with Gasteiger partial charge in [0.25, 0.3) is 0 Å². The van der Waals surface area contributed by atoms with Crippen LogP contribution in [0.4, 0.5) is 0 Å². The Morgan fingerprint density at radius 2 is 0.893 bits per heavy atom. The van der Waals surface area contributed by atoms with Crippen molar-refractivity contribution in [3.63, 3.8) is 0 Å². The van der Waals surface area contributed by atoms with Crippen LogP contribution in [-0.2, 0) is 0 Å². The molecule has 1 nitrogen and oxygen atoms in total. The van der Waals surface area contributed by atoms with E-state index in [4.69, 9.17) is 0 Å². The van der Waals surface area contributed by atoms with Crippen molar-refractivity contribution in [2.24, 2.45) is 0 Å². The van der Waals surface area contributed by atoms with Gasteiger partial charge in [0.2, 0.25) is 0 Å². The molecule has 0 saturated carbocycles. The van der Waals surface area contributed by atoms with Crippen molar-refractivity contribution in [1.82, 2.24) is 0 Å². The molecule has 0 atom stereocenters. The van der Waals surface area contributed by atoms with Gasteiger partial charge in [0.15, 0.2) is 0 Å². The number of aromatic hydroxyl groups is 1. The summed E-state index contributed by atoms with van der Waals surface area (Å²) in [5, 5.41) is 10.7. The number of hydrogen-bond donors (Lipinski definition) is 1. The first kappa shape index (κ1) is 19.4. The quantitative estimate of drug-likeness (QED) is 0.392. The molecule has 0 bridgehead atoms. The lowest BCUT2D eigenvalue weighted by atomic mass is 9.87. The van der Waals surface area contributed by atoms with Gasteiger partial charge in [0, 0.05) is 11.1 Å². The van der Waals surface area contributed by atoms with Crippen LogP contribution < -0.4 is 0 Å². The Kier molecular flexibility index (Phi) is 6.64. The molecule has 28 heavy (non-hydrogen) atoms. The highest BCUT2D eigenvalue weighted by molar-refractivity contribution is 5.97. The summed E-state index contributed by atoms with van der Waals surface area (Å²) in [4.78, 5) is 0. The molecule has 0 fully saturated rings. The van der Waals surface area contributed by atoms with Crippen LogP contribution in [0.5, 0.6) is 5.75 Å². The molecule has 0 radical (unpaired) electrons. The Morgan fingerprint density at radius 3 is 1.36 bits per heavy atom. The molecule has 0 saturated heterocycles. The lowest BCUT2D eigenvalue weighted by molar-refractivity contribution is 0.477. The Labute approximate surface area is 167 Å². The van der Waals surface area contributed by atoms with E-state index in [9.17, 15) is 5.11 Å². The summed E-state index contributed by atoms with van der Waals surface area (Å²) in [5.41, 5.74) is 6.28. The van der Waals surface area contributed by atoms with Crippen LogP contribution >= 0.6 is 0 Å². The second-order valence-corrected chi connectivity index (χ2v) is 6.69. The minimum absolute atomic E-state index is 0.296. The van der Waals surface area contributed by atoms with E-state index in [1.165, 1.54) is 6.42 Å². The summed E-state index contributed by atoms with van der Waals surface area (Å²) in [6, 6.07) is 34.4. The smallest absolute Gasteiger partial charge is 0.124 e. The van der Waals surface area contributed by atoms with Crippen LogP contribution in [0.3, 0.4) is 0 Å². The van der Waals surface area contributed by atoms with Crippen LogP contribution in [0.25, 0.3) is 33.4 Å². The maximum absolute atomic E-state index is 10.7. The molecule has 0 aliphatic rings. The fourth-order valence-electron chi connectivity index (χ4n) is 3.25. The van der Waals surface area contributed by atoms with Gasteiger partial charge < -0.3 is 5.11 Å². The van der Waals surface area contributed by atoms with Crippen molar-refractivity contribution >= 4 is 0 Å². The van der Waals surface area contributed by atoms with Crippen LogP contribution in [0.2, 0.25) is 0 Å². The van der Waals surface area contributed by atoms with Crippen molar-refractivity contribution in [2.75, 3.05) is 0 Å². The Balaban J connectivity index is 0.000000706. The zero-order valence-corrected chi connectivity index (χ0v) is 16.5. The fourth-order valence-corrected chi connectivity index (χ4v) is 3.25. The second kappa shape index (κ2) is 9.57. The minimum atomic E-state index is 0.296. The van der Waals surface area contributed by atoms with Crippen LogP contribution in [-0.4, -0.2) is 5.11 Å². The molecule has 4 aromatic rings. The fraction of sp³-hybridized carbons (Fsp3) is 0.111. The topological polar surface area (TPSA) is 20.2 Å². The zero-order chi connectivity index (χ0) is 19.8. The monoisotopic (exact) mass is 366 g/mol. The zero-order valence-electron chi connectivity index (χ0n) is 16.5. The molecular weight excluding hydrogens is 340 g/mol. The first-order valence-corrected chi connectivity index (χ1v) is 9.78. The average Bonchev–Trinajstić information content (AvgIpc) is 2.76. The Morgan fingerprint density at radius 1 is 0.500 bits per heavy atom. The minimum Gasteiger partial charge on any atom is -0.507 e. The third-order valence-electron chi connectivity index (χ3n) is 4.39. The van der Waals surface area contributed by atoms with E-state index in [2.05, 4.69) is 38.1 Å². The molecule has 0 unspecified atom stereocenters. The first-order chi connectivity index (χ1) is 13.8. The third kappa shape index (κ3) is 4.32. The van der Waals surface area contributed by atoms with E-state index < -0.39 is 0 Å². The number of hydrogen-bond acceptors (Lipinski definition) is 1. The van der Waals surface area contributed by atoms with Crippen molar-refractivity contribution in [3.05, 3.63) is 103 Å². The summed E-state index contributed by atoms with van der Waals surface area (Å²) in [7, 11) is 0. The predicted molar refractivity (Wildman–Crippen MR) is 120 cm³/mol. The molecule has 1 N–H and O–H groups in total. The number of benzene rings is 4. The highest BCUT2D eigenvalue weighted by Crippen LogP contribution is 2.44. The molecule has 0 amide bonds. The molecule has 0 heterocycles. The van der Waals surface area contributed by atoms with Crippen LogP contribution in [0, 0.1) is 0 Å². The molecule has 0 aliphatic heterocycles. The summed E-state index contributed by atoms with van der Waals surface area (Å²) < 4.78 is 0. The van der Waals surface area contributed by atoms with Gasteiger partial charge in [0.05, 0.1) is 0 Å².